The first-order chi connectivity index (χ1) is 11.8. The third-order valence-corrected chi connectivity index (χ3v) is 4.04. The molecule has 0 heterocycles. The predicted molar refractivity (Wildman–Crippen MR) is 106 cm³/mol. The first-order valence-corrected chi connectivity index (χ1v) is 9.22. The van der Waals surface area contributed by atoms with Crippen molar-refractivity contribution in [3.05, 3.63) is 46.6 Å². The maximum atomic E-state index is 10.8. The van der Waals surface area contributed by atoms with E-state index in [0.717, 1.165) is 44.1 Å². The molecule has 0 aliphatic rings. The van der Waals surface area contributed by atoms with Crippen LogP contribution >= 0.6 is 0 Å². The summed E-state index contributed by atoms with van der Waals surface area (Å²) >= 11 is 0. The van der Waals surface area contributed by atoms with Gasteiger partial charge >= 0.3 is 5.97 Å². The minimum absolute atomic E-state index is 0.136. The van der Waals surface area contributed by atoms with Gasteiger partial charge in [0, 0.05) is 6.92 Å². The molecule has 0 atom stereocenters. The van der Waals surface area contributed by atoms with Gasteiger partial charge in [0.05, 0.1) is 6.61 Å². The molecule has 0 radical (unpaired) electrons. The Kier molecular flexibility index (Phi) is 13.8. The molecule has 0 saturated carbocycles. The fourth-order valence-corrected chi connectivity index (χ4v) is 2.38. The molecule has 0 fully saturated rings. The second kappa shape index (κ2) is 14.7. The summed E-state index contributed by atoms with van der Waals surface area (Å²) in [7, 11) is 0. The topological polar surface area (TPSA) is 46.5 Å². The summed E-state index contributed by atoms with van der Waals surface area (Å²) in [5, 5.41) is 8.83. The van der Waals surface area contributed by atoms with Crippen LogP contribution in [0.15, 0.2) is 46.6 Å². The van der Waals surface area contributed by atoms with Crippen molar-refractivity contribution in [2.24, 2.45) is 0 Å². The van der Waals surface area contributed by atoms with Crippen LogP contribution in [0.5, 0.6) is 0 Å². The van der Waals surface area contributed by atoms with Crippen LogP contribution in [0.3, 0.4) is 0 Å². The van der Waals surface area contributed by atoms with Crippen LogP contribution in [-0.2, 0) is 9.53 Å². The van der Waals surface area contributed by atoms with Crippen LogP contribution in [-0.4, -0.2) is 24.3 Å². The van der Waals surface area contributed by atoms with E-state index in [1.54, 1.807) is 0 Å². The van der Waals surface area contributed by atoms with Crippen molar-refractivity contribution in [2.45, 2.75) is 73.1 Å². The lowest BCUT2D eigenvalue weighted by Gasteiger charge is -2.04. The van der Waals surface area contributed by atoms with Crippen molar-refractivity contribution in [2.75, 3.05) is 13.2 Å². The number of hydrogen-bond donors (Lipinski definition) is 1. The van der Waals surface area contributed by atoms with Gasteiger partial charge in [-0.2, -0.15) is 0 Å². The molecule has 0 aliphatic carbocycles. The van der Waals surface area contributed by atoms with E-state index in [1.165, 1.54) is 23.6 Å². The molecule has 25 heavy (non-hydrogen) atoms. The Morgan fingerprint density at radius 3 is 1.52 bits per heavy atom. The second-order valence-electron chi connectivity index (χ2n) is 6.78. The average molecular weight is 349 g/mol. The summed E-state index contributed by atoms with van der Waals surface area (Å²) in [5.41, 5.74) is 5.19. The fraction of sp³-hybridized carbons (Fsp3) is 0.591. The van der Waals surface area contributed by atoms with E-state index in [9.17, 15) is 4.79 Å². The molecular formula is C22H36O3. The summed E-state index contributed by atoms with van der Waals surface area (Å²) in [6.07, 6.45) is 14.9. The molecule has 142 valence electrons. The molecule has 1 N–H and O–H groups in total. The molecule has 0 aliphatic heterocycles. The molecule has 0 amide bonds. The number of carbonyl (C=O) groups is 1. The highest BCUT2D eigenvalue weighted by Gasteiger charge is 1.96. The molecule has 0 bridgehead atoms. The van der Waals surface area contributed by atoms with E-state index in [4.69, 9.17) is 9.84 Å². The predicted octanol–water partition coefficient (Wildman–Crippen LogP) is 5.67. The molecule has 0 spiro atoms. The van der Waals surface area contributed by atoms with Gasteiger partial charge in [0.15, 0.2) is 0 Å². The van der Waals surface area contributed by atoms with E-state index in [0.29, 0.717) is 6.61 Å². The second-order valence-corrected chi connectivity index (χ2v) is 6.78. The molecular weight excluding hydrogens is 312 g/mol. The van der Waals surface area contributed by atoms with Crippen LogP contribution in [0.25, 0.3) is 0 Å². The van der Waals surface area contributed by atoms with Gasteiger partial charge in [-0.05, 0) is 71.8 Å². The first kappa shape index (κ1) is 23.4. The number of esters is 1. The van der Waals surface area contributed by atoms with E-state index < -0.39 is 0 Å². The molecule has 0 rings (SSSR count). The third-order valence-electron chi connectivity index (χ3n) is 4.04. The van der Waals surface area contributed by atoms with Crippen molar-refractivity contribution in [3.63, 3.8) is 0 Å². The van der Waals surface area contributed by atoms with Gasteiger partial charge in [0.2, 0.25) is 0 Å². The number of hydrogen-bond acceptors (Lipinski definition) is 3. The highest BCUT2D eigenvalue weighted by atomic mass is 16.5. The Labute approximate surface area is 154 Å². The van der Waals surface area contributed by atoms with E-state index >= 15 is 0 Å². The van der Waals surface area contributed by atoms with E-state index in [2.05, 4.69) is 39.0 Å². The van der Waals surface area contributed by atoms with Gasteiger partial charge in [0.1, 0.15) is 6.61 Å². The van der Waals surface area contributed by atoms with E-state index in [-0.39, 0.29) is 12.6 Å². The fourth-order valence-electron chi connectivity index (χ4n) is 2.38. The first-order valence-electron chi connectivity index (χ1n) is 9.22. The summed E-state index contributed by atoms with van der Waals surface area (Å²) in [6.45, 7) is 10.4. The zero-order valence-electron chi connectivity index (χ0n) is 16.7. The van der Waals surface area contributed by atoms with E-state index in [1.807, 2.05) is 13.0 Å². The zero-order chi connectivity index (χ0) is 19.1. The Morgan fingerprint density at radius 2 is 1.12 bits per heavy atom. The van der Waals surface area contributed by atoms with Crippen molar-refractivity contribution >= 4 is 5.97 Å². The highest BCUT2D eigenvalue weighted by Crippen LogP contribution is 2.13. The van der Waals surface area contributed by atoms with Gasteiger partial charge in [-0.1, -0.05) is 41.0 Å². The van der Waals surface area contributed by atoms with Gasteiger partial charge in [-0.15, -0.1) is 0 Å². The monoisotopic (exact) mass is 348 g/mol. The summed E-state index contributed by atoms with van der Waals surface area (Å²) < 4.78 is 4.97. The van der Waals surface area contributed by atoms with Gasteiger partial charge in [-0.3, -0.25) is 4.79 Å². The van der Waals surface area contributed by atoms with Crippen molar-refractivity contribution < 1.29 is 14.6 Å². The van der Waals surface area contributed by atoms with Gasteiger partial charge in [-0.25, -0.2) is 0 Å². The lowest BCUT2D eigenvalue weighted by atomic mass is 10.0. The van der Waals surface area contributed by atoms with Crippen LogP contribution in [0, 0.1) is 0 Å². The maximum absolute atomic E-state index is 10.8. The number of allylic oxidation sites excluding steroid dienone is 6. The Bertz CT molecular complexity index is 507. The molecule has 0 aromatic rings. The molecule has 3 nitrogen and oxygen atoms in total. The molecule has 0 saturated heterocycles. The minimum Gasteiger partial charge on any atom is -0.461 e. The summed E-state index contributed by atoms with van der Waals surface area (Å²) in [6, 6.07) is 0. The zero-order valence-corrected chi connectivity index (χ0v) is 16.7. The number of aliphatic hydroxyl groups excluding tert-OH is 1. The maximum Gasteiger partial charge on any atom is 0.302 e. The number of rotatable bonds is 12. The smallest absolute Gasteiger partial charge is 0.302 e. The summed E-state index contributed by atoms with van der Waals surface area (Å²) in [4.78, 5) is 10.8. The van der Waals surface area contributed by atoms with Crippen molar-refractivity contribution in [1.82, 2.24) is 0 Å². The normalized spacial score (nSPS) is 14.0. The van der Waals surface area contributed by atoms with Crippen LogP contribution < -0.4 is 0 Å². The number of ether oxygens (including phenoxy) is 1. The number of aliphatic hydroxyl groups is 1. The average Bonchev–Trinajstić information content (AvgIpc) is 2.53. The van der Waals surface area contributed by atoms with Gasteiger partial charge < -0.3 is 9.84 Å². The molecule has 0 unspecified atom stereocenters. The lowest BCUT2D eigenvalue weighted by molar-refractivity contribution is -0.139. The molecule has 3 heteroatoms. The number of carbonyl (C=O) groups excluding carboxylic acids is 1. The van der Waals surface area contributed by atoms with Crippen LogP contribution in [0.2, 0.25) is 0 Å². The Balaban J connectivity index is 4.01. The Hall–Kier alpha value is -1.61. The Morgan fingerprint density at radius 1 is 0.720 bits per heavy atom. The summed E-state index contributed by atoms with van der Waals surface area (Å²) in [5.74, 6) is -0.230. The van der Waals surface area contributed by atoms with Crippen LogP contribution in [0.4, 0.5) is 0 Å². The third kappa shape index (κ3) is 15.6. The van der Waals surface area contributed by atoms with Crippen molar-refractivity contribution in [1.29, 1.82) is 0 Å². The standard InChI is InChI=1S/C22H36O3/c1-18(11-7-13-20(3)15-16-23)9-6-10-19(2)12-8-14-21(4)17-25-22(5)24/h10-11,14-15,23H,6-9,12-13,16-17H2,1-5H3/b18-11+,19-10+,20-15+,21-14+. The highest BCUT2D eigenvalue weighted by molar-refractivity contribution is 5.66. The van der Waals surface area contributed by atoms with Crippen LogP contribution in [0.1, 0.15) is 73.1 Å². The van der Waals surface area contributed by atoms with Gasteiger partial charge in [0.25, 0.3) is 0 Å². The molecule has 0 aromatic carbocycles. The lowest BCUT2D eigenvalue weighted by Crippen LogP contribution is -2.01. The van der Waals surface area contributed by atoms with Crippen molar-refractivity contribution in [3.8, 4) is 0 Å². The SMILES string of the molecule is CC(=O)OC/C(C)=C/CC/C(C)=C/CC/C(C)=C/CC/C(C)=C/CO. The molecule has 0 aromatic heterocycles. The largest absolute Gasteiger partial charge is 0.461 e. The minimum atomic E-state index is -0.230. The quantitative estimate of drug-likeness (QED) is 0.365.